The zero-order valence-electron chi connectivity index (χ0n) is 10.3. The Labute approximate surface area is 106 Å². The number of hydrogen-bond acceptors (Lipinski definition) is 4. The highest BCUT2D eigenvalue weighted by atomic mass is 16.5. The molecule has 0 radical (unpaired) electrons. The predicted molar refractivity (Wildman–Crippen MR) is 69.2 cm³/mol. The number of ether oxygens (including phenoxy) is 1. The van der Waals surface area contributed by atoms with Gasteiger partial charge in [0.1, 0.15) is 5.75 Å². The number of nitrogens with one attached hydrogen (secondary N) is 1. The zero-order chi connectivity index (χ0) is 12.4. The maximum absolute atomic E-state index is 5.49. The number of aromatic nitrogens is 2. The van der Waals surface area contributed by atoms with Crippen LogP contribution in [-0.2, 0) is 13.1 Å². The van der Waals surface area contributed by atoms with E-state index in [1.54, 1.807) is 0 Å². The minimum absolute atomic E-state index is 0.665. The third-order valence-electron chi connectivity index (χ3n) is 2.97. The fourth-order valence-corrected chi connectivity index (χ4v) is 2.09. The van der Waals surface area contributed by atoms with E-state index < -0.39 is 0 Å². The average Bonchev–Trinajstić information content (AvgIpc) is 2.86. The van der Waals surface area contributed by atoms with Crippen molar-refractivity contribution < 1.29 is 4.74 Å². The van der Waals surface area contributed by atoms with Crippen molar-refractivity contribution in [2.75, 3.05) is 6.61 Å². The first kappa shape index (κ1) is 11.2. The molecule has 0 atom stereocenters. The van der Waals surface area contributed by atoms with E-state index in [4.69, 9.17) is 4.74 Å². The molecular weight excluding hydrogens is 226 g/mol. The van der Waals surface area contributed by atoms with Crippen LogP contribution >= 0.6 is 0 Å². The second-order valence-electron chi connectivity index (χ2n) is 4.23. The zero-order valence-corrected chi connectivity index (χ0v) is 10.3. The summed E-state index contributed by atoms with van der Waals surface area (Å²) in [6.45, 7) is 4.34. The van der Waals surface area contributed by atoms with Gasteiger partial charge in [0.15, 0.2) is 5.82 Å². The van der Waals surface area contributed by atoms with Gasteiger partial charge in [-0.1, -0.05) is 12.1 Å². The van der Waals surface area contributed by atoms with Gasteiger partial charge >= 0.3 is 0 Å². The Balaban J connectivity index is 1.96. The van der Waals surface area contributed by atoms with Gasteiger partial charge < -0.3 is 10.1 Å². The lowest BCUT2D eigenvalue weighted by atomic mass is 10.2. The molecule has 1 aromatic carbocycles. The molecule has 2 aromatic rings. The van der Waals surface area contributed by atoms with Crippen LogP contribution in [0.2, 0.25) is 0 Å². The third-order valence-corrected chi connectivity index (χ3v) is 2.97. The van der Waals surface area contributed by atoms with Gasteiger partial charge in [-0.2, -0.15) is 0 Å². The summed E-state index contributed by atoms with van der Waals surface area (Å²) < 4.78 is 5.49. The first-order valence-electron chi connectivity index (χ1n) is 6.15. The number of fused-ring (bicyclic) bond motifs is 1. The van der Waals surface area contributed by atoms with E-state index in [2.05, 4.69) is 15.3 Å². The Kier molecular flexibility index (Phi) is 2.94. The van der Waals surface area contributed by atoms with E-state index in [-0.39, 0.29) is 0 Å². The Morgan fingerprint density at radius 2 is 2.28 bits per heavy atom. The van der Waals surface area contributed by atoms with Gasteiger partial charge in [0, 0.05) is 30.4 Å². The lowest BCUT2D eigenvalue weighted by Crippen LogP contribution is -2.00. The van der Waals surface area contributed by atoms with E-state index in [0.29, 0.717) is 6.61 Å². The number of benzene rings is 1. The highest BCUT2D eigenvalue weighted by molar-refractivity contribution is 5.57. The summed E-state index contributed by atoms with van der Waals surface area (Å²) in [5.41, 5.74) is 3.29. The molecule has 0 saturated heterocycles. The van der Waals surface area contributed by atoms with Crippen molar-refractivity contribution in [3.05, 3.63) is 41.7 Å². The van der Waals surface area contributed by atoms with Gasteiger partial charge in [-0.25, -0.2) is 9.97 Å². The van der Waals surface area contributed by atoms with Gasteiger partial charge in [0.25, 0.3) is 0 Å². The van der Waals surface area contributed by atoms with Crippen LogP contribution in [0, 0.1) is 0 Å². The molecule has 0 spiro atoms. The van der Waals surface area contributed by atoms with Gasteiger partial charge in [0.05, 0.1) is 12.3 Å². The minimum atomic E-state index is 0.665. The van der Waals surface area contributed by atoms with Crippen molar-refractivity contribution in [3.8, 4) is 17.1 Å². The maximum atomic E-state index is 5.49. The molecule has 92 valence electrons. The fraction of sp³-hybridized carbons (Fsp3) is 0.286. The quantitative estimate of drug-likeness (QED) is 0.894. The highest BCUT2D eigenvalue weighted by Gasteiger charge is 2.13. The SMILES string of the molecule is CCOc1cccc(-c2ncc3c(n2)CNC3)c1. The summed E-state index contributed by atoms with van der Waals surface area (Å²) in [7, 11) is 0. The van der Waals surface area contributed by atoms with Crippen LogP contribution in [0.5, 0.6) is 5.75 Å². The van der Waals surface area contributed by atoms with Crippen molar-refractivity contribution >= 4 is 0 Å². The molecule has 18 heavy (non-hydrogen) atoms. The highest BCUT2D eigenvalue weighted by Crippen LogP contribution is 2.22. The second kappa shape index (κ2) is 4.74. The summed E-state index contributed by atoms with van der Waals surface area (Å²) >= 11 is 0. The van der Waals surface area contributed by atoms with Gasteiger partial charge in [-0.15, -0.1) is 0 Å². The van der Waals surface area contributed by atoms with Crippen LogP contribution in [0.1, 0.15) is 18.2 Å². The molecule has 0 amide bonds. The Bertz CT molecular complexity index is 569. The standard InChI is InChI=1S/C14H15N3O/c1-2-18-12-5-3-4-10(6-12)14-16-8-11-7-15-9-13(11)17-14/h3-6,8,15H,2,7,9H2,1H3. The molecule has 4 heteroatoms. The first-order chi connectivity index (χ1) is 8.86. The van der Waals surface area contributed by atoms with Gasteiger partial charge in [-0.3, -0.25) is 0 Å². The molecular formula is C14H15N3O. The van der Waals surface area contributed by atoms with Crippen LogP contribution in [-0.4, -0.2) is 16.6 Å². The summed E-state index contributed by atoms with van der Waals surface area (Å²) in [6, 6.07) is 7.90. The van der Waals surface area contributed by atoms with Crippen LogP contribution in [0.3, 0.4) is 0 Å². The van der Waals surface area contributed by atoms with Crippen molar-refractivity contribution in [1.29, 1.82) is 0 Å². The number of rotatable bonds is 3. The monoisotopic (exact) mass is 241 g/mol. The minimum Gasteiger partial charge on any atom is -0.494 e. The Morgan fingerprint density at radius 1 is 1.33 bits per heavy atom. The van der Waals surface area contributed by atoms with Crippen molar-refractivity contribution in [2.45, 2.75) is 20.0 Å². The van der Waals surface area contributed by atoms with E-state index in [9.17, 15) is 0 Å². The van der Waals surface area contributed by atoms with Crippen molar-refractivity contribution in [3.63, 3.8) is 0 Å². The maximum Gasteiger partial charge on any atom is 0.159 e. The van der Waals surface area contributed by atoms with Crippen LogP contribution in [0.4, 0.5) is 0 Å². The Hall–Kier alpha value is -1.94. The fourth-order valence-electron chi connectivity index (χ4n) is 2.09. The molecule has 0 unspecified atom stereocenters. The first-order valence-corrected chi connectivity index (χ1v) is 6.15. The normalized spacial score (nSPS) is 13.4. The predicted octanol–water partition coefficient (Wildman–Crippen LogP) is 2.15. The molecule has 4 nitrogen and oxygen atoms in total. The molecule has 0 saturated carbocycles. The smallest absolute Gasteiger partial charge is 0.159 e. The molecule has 0 fully saturated rings. The summed E-state index contributed by atoms with van der Waals surface area (Å²) in [5, 5.41) is 3.27. The number of nitrogens with zero attached hydrogens (tertiary/aromatic N) is 2. The lowest BCUT2D eigenvalue weighted by Gasteiger charge is -2.06. The van der Waals surface area contributed by atoms with E-state index in [1.807, 2.05) is 37.4 Å². The van der Waals surface area contributed by atoms with E-state index in [1.165, 1.54) is 5.56 Å². The summed E-state index contributed by atoms with van der Waals surface area (Å²) in [5.74, 6) is 1.62. The molecule has 1 aliphatic rings. The van der Waals surface area contributed by atoms with Crippen LogP contribution in [0.25, 0.3) is 11.4 Å². The largest absolute Gasteiger partial charge is 0.494 e. The van der Waals surface area contributed by atoms with Crippen molar-refractivity contribution in [1.82, 2.24) is 15.3 Å². The molecule has 3 rings (SSSR count). The lowest BCUT2D eigenvalue weighted by molar-refractivity contribution is 0.340. The summed E-state index contributed by atoms with van der Waals surface area (Å²) in [6.07, 6.45) is 1.91. The second-order valence-corrected chi connectivity index (χ2v) is 4.23. The van der Waals surface area contributed by atoms with Gasteiger partial charge in [0.2, 0.25) is 0 Å². The molecule has 1 N–H and O–H groups in total. The van der Waals surface area contributed by atoms with Crippen LogP contribution < -0.4 is 10.1 Å². The summed E-state index contributed by atoms with van der Waals surface area (Å²) in [4.78, 5) is 9.01. The molecule has 1 aliphatic heterocycles. The molecule has 0 bridgehead atoms. The van der Waals surface area contributed by atoms with E-state index >= 15 is 0 Å². The molecule has 1 aromatic heterocycles. The Morgan fingerprint density at radius 3 is 3.17 bits per heavy atom. The number of hydrogen-bond donors (Lipinski definition) is 1. The average molecular weight is 241 g/mol. The van der Waals surface area contributed by atoms with Gasteiger partial charge in [-0.05, 0) is 19.1 Å². The molecule has 0 aliphatic carbocycles. The van der Waals surface area contributed by atoms with E-state index in [0.717, 1.165) is 35.9 Å². The molecule has 2 heterocycles. The van der Waals surface area contributed by atoms with Crippen molar-refractivity contribution in [2.24, 2.45) is 0 Å². The third kappa shape index (κ3) is 2.07. The van der Waals surface area contributed by atoms with Crippen LogP contribution in [0.15, 0.2) is 30.5 Å². The topological polar surface area (TPSA) is 47.0 Å².